The number of carbonyl (C=O) groups excluding carboxylic acids is 1. The Morgan fingerprint density at radius 1 is 1.24 bits per heavy atom. The summed E-state index contributed by atoms with van der Waals surface area (Å²) in [6, 6.07) is 9.42. The van der Waals surface area contributed by atoms with E-state index in [0.29, 0.717) is 17.1 Å². The Balaban J connectivity index is 1.69. The summed E-state index contributed by atoms with van der Waals surface area (Å²) >= 11 is 0. The zero-order valence-corrected chi connectivity index (χ0v) is 14.8. The van der Waals surface area contributed by atoms with Gasteiger partial charge in [0, 0.05) is 37.0 Å². The van der Waals surface area contributed by atoms with Crippen LogP contribution < -0.4 is 9.47 Å². The summed E-state index contributed by atoms with van der Waals surface area (Å²) in [4.78, 5) is 19.4. The Hall–Kier alpha value is -2.40. The molecule has 5 nitrogen and oxygen atoms in total. The summed E-state index contributed by atoms with van der Waals surface area (Å²) in [6.45, 7) is 2.64. The number of benzene rings is 1. The molecule has 0 unspecified atom stereocenters. The van der Waals surface area contributed by atoms with Crippen LogP contribution in [0.4, 0.5) is 0 Å². The van der Waals surface area contributed by atoms with Crippen molar-refractivity contribution in [1.82, 2.24) is 9.88 Å². The predicted molar refractivity (Wildman–Crippen MR) is 96.1 cm³/mol. The quantitative estimate of drug-likeness (QED) is 0.756. The van der Waals surface area contributed by atoms with Crippen LogP contribution in [-0.2, 0) is 6.54 Å². The van der Waals surface area contributed by atoms with Crippen LogP contribution in [0.25, 0.3) is 0 Å². The molecule has 1 atom stereocenters. The largest absolute Gasteiger partial charge is 0.493 e. The molecule has 0 saturated carbocycles. The van der Waals surface area contributed by atoms with Crippen molar-refractivity contribution in [2.24, 2.45) is 5.92 Å². The number of rotatable bonds is 6. The van der Waals surface area contributed by atoms with Gasteiger partial charge < -0.3 is 9.47 Å². The SMILES string of the molecule is COc1ccc(C(=O)[C@@H]2CCCN(Cc3cccnc3)C2)cc1OC. The highest BCUT2D eigenvalue weighted by Crippen LogP contribution is 2.30. The van der Waals surface area contributed by atoms with Gasteiger partial charge in [-0.2, -0.15) is 0 Å². The van der Waals surface area contributed by atoms with Crippen molar-refractivity contribution in [1.29, 1.82) is 0 Å². The van der Waals surface area contributed by atoms with E-state index in [1.165, 1.54) is 5.56 Å². The molecular formula is C20H24N2O3. The van der Waals surface area contributed by atoms with Crippen LogP contribution in [0.15, 0.2) is 42.7 Å². The molecule has 0 radical (unpaired) electrons. The molecule has 0 spiro atoms. The number of likely N-dealkylation sites (tertiary alicyclic amines) is 1. The third-order valence-corrected chi connectivity index (χ3v) is 4.67. The lowest BCUT2D eigenvalue weighted by atomic mass is 9.89. The van der Waals surface area contributed by atoms with E-state index in [4.69, 9.17) is 9.47 Å². The summed E-state index contributed by atoms with van der Waals surface area (Å²) < 4.78 is 10.6. The van der Waals surface area contributed by atoms with E-state index in [0.717, 1.165) is 32.5 Å². The number of carbonyl (C=O) groups is 1. The molecule has 0 bridgehead atoms. The number of ketones is 1. The summed E-state index contributed by atoms with van der Waals surface area (Å²) in [5, 5.41) is 0. The molecule has 1 aliphatic heterocycles. The summed E-state index contributed by atoms with van der Waals surface area (Å²) in [6.07, 6.45) is 5.63. The van der Waals surface area contributed by atoms with E-state index < -0.39 is 0 Å². The van der Waals surface area contributed by atoms with Gasteiger partial charge in [0.15, 0.2) is 17.3 Å². The lowest BCUT2D eigenvalue weighted by Crippen LogP contribution is -2.38. The molecule has 1 aromatic carbocycles. The van der Waals surface area contributed by atoms with E-state index in [1.807, 2.05) is 18.3 Å². The van der Waals surface area contributed by atoms with Crippen LogP contribution in [0.1, 0.15) is 28.8 Å². The van der Waals surface area contributed by atoms with Crippen molar-refractivity contribution in [2.75, 3.05) is 27.3 Å². The monoisotopic (exact) mass is 340 g/mol. The summed E-state index contributed by atoms with van der Waals surface area (Å²) in [5.74, 6) is 1.43. The lowest BCUT2D eigenvalue weighted by molar-refractivity contribution is 0.0811. The van der Waals surface area contributed by atoms with E-state index >= 15 is 0 Å². The Morgan fingerprint density at radius 2 is 2.08 bits per heavy atom. The minimum Gasteiger partial charge on any atom is -0.493 e. The maximum absolute atomic E-state index is 12.9. The normalized spacial score (nSPS) is 17.9. The van der Waals surface area contributed by atoms with E-state index in [-0.39, 0.29) is 11.7 Å². The topological polar surface area (TPSA) is 51.7 Å². The fourth-order valence-corrected chi connectivity index (χ4v) is 3.39. The predicted octanol–water partition coefficient (Wildman–Crippen LogP) is 3.19. The van der Waals surface area contributed by atoms with E-state index in [1.54, 1.807) is 32.5 Å². The number of nitrogens with zero attached hydrogens (tertiary/aromatic N) is 2. The molecule has 132 valence electrons. The fourth-order valence-electron chi connectivity index (χ4n) is 3.39. The van der Waals surface area contributed by atoms with Gasteiger partial charge in [-0.1, -0.05) is 6.07 Å². The molecule has 0 amide bonds. The first-order chi connectivity index (χ1) is 12.2. The number of hydrogen-bond acceptors (Lipinski definition) is 5. The minimum atomic E-state index is 0.0172. The minimum absolute atomic E-state index is 0.0172. The van der Waals surface area contributed by atoms with Crippen molar-refractivity contribution >= 4 is 5.78 Å². The average Bonchev–Trinajstić information content (AvgIpc) is 2.68. The number of pyridine rings is 1. The zero-order valence-electron chi connectivity index (χ0n) is 14.8. The molecule has 2 aromatic rings. The Bertz CT molecular complexity index is 718. The van der Waals surface area contributed by atoms with Gasteiger partial charge in [-0.15, -0.1) is 0 Å². The first kappa shape index (κ1) is 17.4. The Morgan fingerprint density at radius 3 is 2.80 bits per heavy atom. The van der Waals surface area contributed by atoms with Crippen LogP contribution in [0.2, 0.25) is 0 Å². The molecule has 1 aromatic heterocycles. The second-order valence-electron chi connectivity index (χ2n) is 6.37. The molecule has 0 N–H and O–H groups in total. The van der Waals surface area contributed by atoms with Crippen LogP contribution in [0.5, 0.6) is 11.5 Å². The van der Waals surface area contributed by atoms with Crippen LogP contribution in [0.3, 0.4) is 0 Å². The second-order valence-corrected chi connectivity index (χ2v) is 6.37. The number of methoxy groups -OCH3 is 2. The first-order valence-electron chi connectivity index (χ1n) is 8.58. The van der Waals surface area contributed by atoms with Crippen molar-refractivity contribution in [3.8, 4) is 11.5 Å². The van der Waals surface area contributed by atoms with Crippen molar-refractivity contribution in [3.63, 3.8) is 0 Å². The number of hydrogen-bond donors (Lipinski definition) is 0. The number of Topliss-reactive ketones (excluding diaryl/α,β-unsaturated/α-hetero) is 1. The summed E-state index contributed by atoms with van der Waals surface area (Å²) in [7, 11) is 3.18. The average molecular weight is 340 g/mol. The molecule has 5 heteroatoms. The molecule has 2 heterocycles. The molecule has 1 fully saturated rings. The molecule has 1 saturated heterocycles. The maximum Gasteiger partial charge on any atom is 0.167 e. The molecule has 3 rings (SSSR count). The van der Waals surface area contributed by atoms with Crippen LogP contribution >= 0.6 is 0 Å². The second kappa shape index (κ2) is 8.12. The van der Waals surface area contributed by atoms with Gasteiger partial charge in [0.1, 0.15) is 0 Å². The number of ether oxygens (including phenoxy) is 2. The van der Waals surface area contributed by atoms with Gasteiger partial charge in [-0.25, -0.2) is 0 Å². The van der Waals surface area contributed by atoms with Crippen molar-refractivity contribution in [3.05, 3.63) is 53.9 Å². The highest BCUT2D eigenvalue weighted by Gasteiger charge is 2.27. The molecule has 0 aliphatic carbocycles. The Kier molecular flexibility index (Phi) is 5.66. The fraction of sp³-hybridized carbons (Fsp3) is 0.400. The maximum atomic E-state index is 12.9. The highest BCUT2D eigenvalue weighted by atomic mass is 16.5. The first-order valence-corrected chi connectivity index (χ1v) is 8.58. The van der Waals surface area contributed by atoms with Crippen LogP contribution in [0, 0.1) is 5.92 Å². The van der Waals surface area contributed by atoms with Gasteiger partial charge in [0.25, 0.3) is 0 Å². The molecule has 25 heavy (non-hydrogen) atoms. The van der Waals surface area contributed by atoms with Crippen molar-refractivity contribution < 1.29 is 14.3 Å². The Labute approximate surface area is 148 Å². The lowest BCUT2D eigenvalue weighted by Gasteiger charge is -2.32. The number of piperidine rings is 1. The van der Waals surface area contributed by atoms with Gasteiger partial charge in [-0.05, 0) is 49.2 Å². The highest BCUT2D eigenvalue weighted by molar-refractivity contribution is 5.98. The third kappa shape index (κ3) is 4.17. The number of aromatic nitrogens is 1. The van der Waals surface area contributed by atoms with Gasteiger partial charge in [0.05, 0.1) is 14.2 Å². The van der Waals surface area contributed by atoms with Crippen molar-refractivity contribution in [2.45, 2.75) is 19.4 Å². The van der Waals surface area contributed by atoms with Gasteiger partial charge >= 0.3 is 0 Å². The van der Waals surface area contributed by atoms with Gasteiger partial charge in [-0.3, -0.25) is 14.7 Å². The molecular weight excluding hydrogens is 316 g/mol. The van der Waals surface area contributed by atoms with Gasteiger partial charge in [0.2, 0.25) is 0 Å². The standard InChI is InChI=1S/C20H24N2O3/c1-24-18-8-7-16(11-19(18)25-2)20(23)17-6-4-10-22(14-17)13-15-5-3-9-21-12-15/h3,5,7-9,11-12,17H,4,6,10,13-14H2,1-2H3/t17-/m1/s1. The van der Waals surface area contributed by atoms with E-state index in [9.17, 15) is 4.79 Å². The smallest absolute Gasteiger partial charge is 0.167 e. The van der Waals surface area contributed by atoms with E-state index in [2.05, 4.69) is 16.0 Å². The summed E-state index contributed by atoms with van der Waals surface area (Å²) in [5.41, 5.74) is 1.87. The van der Waals surface area contributed by atoms with Crippen LogP contribution in [-0.4, -0.2) is 43.0 Å². The molecule has 1 aliphatic rings. The zero-order chi connectivity index (χ0) is 17.6. The third-order valence-electron chi connectivity index (χ3n) is 4.67.